The number of benzene rings is 2. The third kappa shape index (κ3) is 2.90. The van der Waals surface area contributed by atoms with E-state index in [0.717, 1.165) is 18.0 Å². The second-order valence-electron chi connectivity index (χ2n) is 4.74. The quantitative estimate of drug-likeness (QED) is 0.799. The molecule has 2 heteroatoms. The van der Waals surface area contributed by atoms with E-state index in [1.165, 1.54) is 16.8 Å². The van der Waals surface area contributed by atoms with Crippen molar-refractivity contribution >= 4 is 11.4 Å². The van der Waals surface area contributed by atoms with E-state index in [0.29, 0.717) is 0 Å². The van der Waals surface area contributed by atoms with Crippen LogP contribution in [0.5, 0.6) is 5.75 Å². The molecule has 0 radical (unpaired) electrons. The molecule has 0 aliphatic carbocycles. The summed E-state index contributed by atoms with van der Waals surface area (Å²) in [4.78, 5) is 2.30. The fraction of sp³-hybridized carbons (Fsp3) is 0.294. The average molecular weight is 255 g/mol. The molecule has 0 unspecified atom stereocenters. The lowest BCUT2D eigenvalue weighted by molar-refractivity contribution is 0.415. The topological polar surface area (TPSA) is 12.5 Å². The van der Waals surface area contributed by atoms with Gasteiger partial charge >= 0.3 is 0 Å². The normalized spacial score (nSPS) is 10.3. The van der Waals surface area contributed by atoms with E-state index in [-0.39, 0.29) is 0 Å². The van der Waals surface area contributed by atoms with Crippen molar-refractivity contribution in [3.05, 3.63) is 53.6 Å². The van der Waals surface area contributed by atoms with Crippen molar-refractivity contribution in [3.8, 4) is 5.75 Å². The van der Waals surface area contributed by atoms with Crippen molar-refractivity contribution in [2.45, 2.75) is 20.8 Å². The molecule has 0 N–H and O–H groups in total. The standard InChI is InChI=1S/C17H21NO/c1-5-18(15-7-6-8-16(12-15)19-4)17-10-9-13(2)11-14(17)3/h6-12H,5H2,1-4H3. The van der Waals surface area contributed by atoms with Crippen LogP contribution in [0.4, 0.5) is 11.4 Å². The Morgan fingerprint density at radius 1 is 1.05 bits per heavy atom. The maximum atomic E-state index is 5.31. The van der Waals surface area contributed by atoms with Gasteiger partial charge in [-0.05, 0) is 44.5 Å². The second kappa shape index (κ2) is 5.79. The van der Waals surface area contributed by atoms with Crippen molar-refractivity contribution < 1.29 is 4.74 Å². The summed E-state index contributed by atoms with van der Waals surface area (Å²) in [5.74, 6) is 0.890. The lowest BCUT2D eigenvalue weighted by Crippen LogP contribution is -2.17. The van der Waals surface area contributed by atoms with Crippen LogP contribution in [0.1, 0.15) is 18.1 Å². The molecule has 0 aliphatic heterocycles. The first-order valence-electron chi connectivity index (χ1n) is 6.64. The zero-order valence-corrected chi connectivity index (χ0v) is 12.1. The number of hydrogen-bond acceptors (Lipinski definition) is 2. The summed E-state index contributed by atoms with van der Waals surface area (Å²) < 4.78 is 5.31. The minimum absolute atomic E-state index is 0.890. The number of methoxy groups -OCH3 is 1. The molecule has 0 saturated heterocycles. The highest BCUT2D eigenvalue weighted by molar-refractivity contribution is 5.67. The van der Waals surface area contributed by atoms with E-state index in [1.807, 2.05) is 12.1 Å². The minimum Gasteiger partial charge on any atom is -0.497 e. The number of hydrogen-bond donors (Lipinski definition) is 0. The fourth-order valence-corrected chi connectivity index (χ4v) is 2.38. The number of ether oxygens (including phenoxy) is 1. The van der Waals surface area contributed by atoms with Crippen LogP contribution >= 0.6 is 0 Å². The van der Waals surface area contributed by atoms with E-state index in [4.69, 9.17) is 4.74 Å². The maximum absolute atomic E-state index is 5.31. The first-order valence-corrected chi connectivity index (χ1v) is 6.64. The molecule has 0 aromatic heterocycles. The minimum atomic E-state index is 0.890. The van der Waals surface area contributed by atoms with Crippen LogP contribution in [-0.2, 0) is 0 Å². The van der Waals surface area contributed by atoms with Gasteiger partial charge in [0.25, 0.3) is 0 Å². The van der Waals surface area contributed by atoms with Crippen molar-refractivity contribution in [1.29, 1.82) is 0 Å². The molecule has 19 heavy (non-hydrogen) atoms. The predicted molar refractivity (Wildman–Crippen MR) is 81.6 cm³/mol. The molecule has 0 atom stereocenters. The Hall–Kier alpha value is -1.96. The summed E-state index contributed by atoms with van der Waals surface area (Å²) in [5, 5.41) is 0. The monoisotopic (exact) mass is 255 g/mol. The molecule has 0 saturated carbocycles. The van der Waals surface area contributed by atoms with Gasteiger partial charge in [0.1, 0.15) is 5.75 Å². The Kier molecular flexibility index (Phi) is 4.10. The van der Waals surface area contributed by atoms with E-state index < -0.39 is 0 Å². The molecule has 2 rings (SSSR count). The van der Waals surface area contributed by atoms with Crippen molar-refractivity contribution in [2.75, 3.05) is 18.6 Å². The van der Waals surface area contributed by atoms with Gasteiger partial charge < -0.3 is 9.64 Å². The summed E-state index contributed by atoms with van der Waals surface area (Å²) in [6, 6.07) is 14.8. The van der Waals surface area contributed by atoms with E-state index in [9.17, 15) is 0 Å². The van der Waals surface area contributed by atoms with Crippen LogP contribution in [0, 0.1) is 13.8 Å². The van der Waals surface area contributed by atoms with Gasteiger partial charge in [0.2, 0.25) is 0 Å². The summed E-state index contributed by atoms with van der Waals surface area (Å²) in [7, 11) is 1.70. The van der Waals surface area contributed by atoms with E-state index >= 15 is 0 Å². The zero-order valence-electron chi connectivity index (χ0n) is 12.1. The summed E-state index contributed by atoms with van der Waals surface area (Å²) >= 11 is 0. The first-order chi connectivity index (χ1) is 9.15. The third-order valence-corrected chi connectivity index (χ3v) is 3.32. The van der Waals surface area contributed by atoms with Crippen LogP contribution in [0.3, 0.4) is 0 Å². The van der Waals surface area contributed by atoms with E-state index in [2.05, 4.69) is 56.0 Å². The van der Waals surface area contributed by atoms with Crippen LogP contribution in [0.2, 0.25) is 0 Å². The molecule has 0 amide bonds. The van der Waals surface area contributed by atoms with Crippen molar-refractivity contribution in [1.82, 2.24) is 0 Å². The Morgan fingerprint density at radius 2 is 1.84 bits per heavy atom. The average Bonchev–Trinajstić information content (AvgIpc) is 2.42. The molecule has 0 fully saturated rings. The summed E-state index contributed by atoms with van der Waals surface area (Å²) in [5.41, 5.74) is 5.00. The van der Waals surface area contributed by atoms with Crippen LogP contribution in [0.25, 0.3) is 0 Å². The van der Waals surface area contributed by atoms with Gasteiger partial charge in [-0.3, -0.25) is 0 Å². The molecule has 0 bridgehead atoms. The highest BCUT2D eigenvalue weighted by atomic mass is 16.5. The van der Waals surface area contributed by atoms with Gasteiger partial charge in [-0.2, -0.15) is 0 Å². The van der Waals surface area contributed by atoms with E-state index in [1.54, 1.807) is 7.11 Å². The molecule has 0 spiro atoms. The van der Waals surface area contributed by atoms with Gasteiger partial charge in [0, 0.05) is 24.0 Å². The lowest BCUT2D eigenvalue weighted by atomic mass is 10.1. The second-order valence-corrected chi connectivity index (χ2v) is 4.74. The summed E-state index contributed by atoms with van der Waals surface area (Å²) in [6.45, 7) is 7.37. The van der Waals surface area contributed by atoms with Gasteiger partial charge in [0.05, 0.1) is 7.11 Å². The van der Waals surface area contributed by atoms with Crippen LogP contribution < -0.4 is 9.64 Å². The van der Waals surface area contributed by atoms with Crippen LogP contribution in [-0.4, -0.2) is 13.7 Å². The maximum Gasteiger partial charge on any atom is 0.120 e. The highest BCUT2D eigenvalue weighted by Gasteiger charge is 2.10. The van der Waals surface area contributed by atoms with Gasteiger partial charge in [-0.1, -0.05) is 23.8 Å². The third-order valence-electron chi connectivity index (χ3n) is 3.32. The number of nitrogens with zero attached hydrogens (tertiary/aromatic N) is 1. The first kappa shape index (κ1) is 13.5. The molecule has 0 aliphatic rings. The molecular formula is C17H21NO. The highest BCUT2D eigenvalue weighted by Crippen LogP contribution is 2.30. The predicted octanol–water partition coefficient (Wildman–Crippen LogP) is 4.47. The smallest absolute Gasteiger partial charge is 0.120 e. The van der Waals surface area contributed by atoms with Crippen molar-refractivity contribution in [2.24, 2.45) is 0 Å². The van der Waals surface area contributed by atoms with Crippen molar-refractivity contribution in [3.63, 3.8) is 0 Å². The molecular weight excluding hydrogens is 234 g/mol. The van der Waals surface area contributed by atoms with Gasteiger partial charge in [-0.25, -0.2) is 0 Å². The summed E-state index contributed by atoms with van der Waals surface area (Å²) in [6.07, 6.45) is 0. The Labute approximate surface area is 115 Å². The Bertz CT molecular complexity index is 563. The zero-order chi connectivity index (χ0) is 13.8. The molecule has 100 valence electrons. The Balaban J connectivity index is 2.43. The Morgan fingerprint density at radius 3 is 2.47 bits per heavy atom. The molecule has 0 heterocycles. The number of anilines is 2. The van der Waals surface area contributed by atoms with Crippen LogP contribution in [0.15, 0.2) is 42.5 Å². The molecule has 2 nitrogen and oxygen atoms in total. The number of rotatable bonds is 4. The SMILES string of the molecule is CCN(c1cccc(OC)c1)c1ccc(C)cc1C. The largest absolute Gasteiger partial charge is 0.497 e. The molecule has 2 aromatic carbocycles. The lowest BCUT2D eigenvalue weighted by Gasteiger charge is -2.25. The van der Waals surface area contributed by atoms with Gasteiger partial charge in [0.15, 0.2) is 0 Å². The van der Waals surface area contributed by atoms with Gasteiger partial charge in [-0.15, -0.1) is 0 Å². The number of aryl methyl sites for hydroxylation is 2. The fourth-order valence-electron chi connectivity index (χ4n) is 2.38. The molecule has 2 aromatic rings.